The van der Waals surface area contributed by atoms with Crippen LogP contribution in [0.1, 0.15) is 52.3 Å². The van der Waals surface area contributed by atoms with Gasteiger partial charge in [0, 0.05) is 17.8 Å². The number of carbonyl (C=O) groups excluding carboxylic acids is 1. The van der Waals surface area contributed by atoms with Gasteiger partial charge in [-0.25, -0.2) is 0 Å². The standard InChI is InChI=1S/C19H21NOS/c1-2-12-22-19(15-8-4-3-5-9-15)18-13-16(14-21)17-10-6-7-11-20(17)18/h3-6,8-10,13-14,19H,2,7,11-12H2,1H3. The molecule has 1 aromatic heterocycles. The first-order chi connectivity index (χ1) is 10.8. The number of allylic oxidation sites excluding steroid dienone is 1. The van der Waals surface area contributed by atoms with Crippen LogP contribution in [0.15, 0.2) is 42.5 Å². The van der Waals surface area contributed by atoms with Gasteiger partial charge in [0.2, 0.25) is 0 Å². The Morgan fingerprint density at radius 2 is 2.14 bits per heavy atom. The third-order valence-corrected chi connectivity index (χ3v) is 5.47. The van der Waals surface area contributed by atoms with Crippen LogP contribution in [-0.2, 0) is 6.54 Å². The van der Waals surface area contributed by atoms with E-state index in [1.807, 2.05) is 11.8 Å². The highest BCUT2D eigenvalue weighted by Gasteiger charge is 2.23. The van der Waals surface area contributed by atoms with Crippen molar-refractivity contribution in [3.8, 4) is 0 Å². The molecule has 3 heteroatoms. The third-order valence-electron chi connectivity index (χ3n) is 3.98. The lowest BCUT2D eigenvalue weighted by atomic mass is 10.1. The number of nitrogens with zero attached hydrogens (tertiary/aromatic N) is 1. The SMILES string of the molecule is CCCSC(c1ccccc1)c1cc(C=O)c2n1CCC=C2. The van der Waals surface area contributed by atoms with E-state index in [-0.39, 0.29) is 0 Å². The average Bonchev–Trinajstić information content (AvgIpc) is 2.95. The summed E-state index contributed by atoms with van der Waals surface area (Å²) in [4.78, 5) is 11.4. The summed E-state index contributed by atoms with van der Waals surface area (Å²) in [6.07, 6.45) is 7.42. The maximum absolute atomic E-state index is 11.4. The predicted octanol–water partition coefficient (Wildman–Crippen LogP) is 4.95. The normalized spacial score (nSPS) is 14.6. The molecule has 0 amide bonds. The second-order valence-corrected chi connectivity index (χ2v) is 6.74. The minimum absolute atomic E-state index is 0.292. The van der Waals surface area contributed by atoms with Gasteiger partial charge in [0.1, 0.15) is 0 Å². The van der Waals surface area contributed by atoms with Crippen molar-refractivity contribution < 1.29 is 4.79 Å². The Labute approximate surface area is 136 Å². The Morgan fingerprint density at radius 3 is 2.86 bits per heavy atom. The summed E-state index contributed by atoms with van der Waals surface area (Å²) in [6, 6.07) is 12.7. The van der Waals surface area contributed by atoms with Crippen LogP contribution in [0.2, 0.25) is 0 Å². The topological polar surface area (TPSA) is 22.0 Å². The average molecular weight is 311 g/mol. The van der Waals surface area contributed by atoms with Gasteiger partial charge >= 0.3 is 0 Å². The molecule has 1 aromatic carbocycles. The largest absolute Gasteiger partial charge is 0.343 e. The van der Waals surface area contributed by atoms with Crippen molar-refractivity contribution in [3.63, 3.8) is 0 Å². The van der Waals surface area contributed by atoms with Crippen LogP contribution >= 0.6 is 11.8 Å². The van der Waals surface area contributed by atoms with Gasteiger partial charge in [-0.05, 0) is 36.3 Å². The molecule has 2 nitrogen and oxygen atoms in total. The molecule has 22 heavy (non-hydrogen) atoms. The Morgan fingerprint density at radius 1 is 1.32 bits per heavy atom. The fourth-order valence-electron chi connectivity index (χ4n) is 2.97. The Bertz CT molecular complexity index is 672. The summed E-state index contributed by atoms with van der Waals surface area (Å²) in [7, 11) is 0. The van der Waals surface area contributed by atoms with Gasteiger partial charge in [-0.3, -0.25) is 4.79 Å². The van der Waals surface area contributed by atoms with Crippen molar-refractivity contribution in [3.05, 3.63) is 65.0 Å². The van der Waals surface area contributed by atoms with Crippen molar-refractivity contribution >= 4 is 24.1 Å². The number of aromatic nitrogens is 1. The fourth-order valence-corrected chi connectivity index (χ4v) is 4.16. The molecule has 2 heterocycles. The van der Waals surface area contributed by atoms with Crippen LogP contribution in [-0.4, -0.2) is 16.6 Å². The molecule has 0 saturated heterocycles. The maximum Gasteiger partial charge on any atom is 0.152 e. The molecule has 1 aliphatic heterocycles. The van der Waals surface area contributed by atoms with E-state index in [2.05, 4.69) is 60.0 Å². The zero-order valence-corrected chi connectivity index (χ0v) is 13.7. The monoisotopic (exact) mass is 311 g/mol. The molecule has 1 atom stereocenters. The summed E-state index contributed by atoms with van der Waals surface area (Å²) in [6.45, 7) is 3.17. The van der Waals surface area contributed by atoms with Crippen molar-refractivity contribution in [2.75, 3.05) is 5.75 Å². The molecule has 0 fully saturated rings. The summed E-state index contributed by atoms with van der Waals surface area (Å²) < 4.78 is 2.32. The van der Waals surface area contributed by atoms with Gasteiger partial charge in [0.25, 0.3) is 0 Å². The first-order valence-electron chi connectivity index (χ1n) is 7.86. The number of rotatable bonds is 6. The number of hydrogen-bond acceptors (Lipinski definition) is 2. The van der Waals surface area contributed by atoms with Crippen molar-refractivity contribution in [2.45, 2.75) is 31.6 Å². The summed E-state index contributed by atoms with van der Waals surface area (Å²) in [5, 5.41) is 0.292. The predicted molar refractivity (Wildman–Crippen MR) is 94.5 cm³/mol. The quantitative estimate of drug-likeness (QED) is 0.704. The first-order valence-corrected chi connectivity index (χ1v) is 8.91. The number of aldehydes is 1. The van der Waals surface area contributed by atoms with E-state index < -0.39 is 0 Å². The van der Waals surface area contributed by atoms with Gasteiger partial charge in [-0.2, -0.15) is 0 Å². The zero-order valence-electron chi connectivity index (χ0n) is 12.9. The maximum atomic E-state index is 11.4. The van der Waals surface area contributed by atoms with Gasteiger partial charge in [-0.1, -0.05) is 43.3 Å². The Balaban J connectivity index is 2.06. The van der Waals surface area contributed by atoms with E-state index in [1.54, 1.807) is 0 Å². The number of hydrogen-bond donors (Lipinski definition) is 0. The molecule has 114 valence electrons. The molecule has 0 N–H and O–H groups in total. The number of benzene rings is 1. The van der Waals surface area contributed by atoms with E-state index in [0.29, 0.717) is 5.25 Å². The number of thioether (sulfide) groups is 1. The molecular weight excluding hydrogens is 290 g/mol. The van der Waals surface area contributed by atoms with E-state index in [0.717, 1.165) is 42.7 Å². The van der Waals surface area contributed by atoms with E-state index in [4.69, 9.17) is 0 Å². The van der Waals surface area contributed by atoms with E-state index in [9.17, 15) is 4.79 Å². The van der Waals surface area contributed by atoms with Crippen LogP contribution in [0, 0.1) is 0 Å². The molecule has 0 spiro atoms. The van der Waals surface area contributed by atoms with E-state index in [1.165, 1.54) is 11.3 Å². The number of fused-ring (bicyclic) bond motifs is 1. The molecule has 0 aliphatic carbocycles. The molecule has 0 radical (unpaired) electrons. The van der Waals surface area contributed by atoms with Crippen molar-refractivity contribution in [1.82, 2.24) is 4.57 Å². The molecule has 1 aliphatic rings. The fraction of sp³-hybridized carbons (Fsp3) is 0.316. The summed E-state index contributed by atoms with van der Waals surface area (Å²) in [5.41, 5.74) is 4.44. The van der Waals surface area contributed by atoms with Gasteiger partial charge in [-0.15, -0.1) is 11.8 Å². The molecule has 0 saturated carbocycles. The third kappa shape index (κ3) is 2.91. The Hall–Kier alpha value is -1.74. The van der Waals surface area contributed by atoms with Gasteiger partial charge in [0.05, 0.1) is 10.9 Å². The van der Waals surface area contributed by atoms with Gasteiger partial charge < -0.3 is 4.57 Å². The summed E-state index contributed by atoms with van der Waals surface area (Å²) in [5.74, 6) is 1.12. The molecule has 0 bridgehead atoms. The number of carbonyl (C=O) groups is 1. The lowest BCUT2D eigenvalue weighted by Gasteiger charge is -2.22. The highest BCUT2D eigenvalue weighted by molar-refractivity contribution is 7.99. The van der Waals surface area contributed by atoms with Gasteiger partial charge in [0.15, 0.2) is 6.29 Å². The van der Waals surface area contributed by atoms with E-state index >= 15 is 0 Å². The molecule has 3 rings (SSSR count). The van der Waals surface area contributed by atoms with Crippen LogP contribution in [0.3, 0.4) is 0 Å². The van der Waals surface area contributed by atoms with Crippen molar-refractivity contribution in [2.24, 2.45) is 0 Å². The van der Waals surface area contributed by atoms with Crippen LogP contribution < -0.4 is 0 Å². The Kier molecular flexibility index (Phi) is 4.84. The molecule has 2 aromatic rings. The molecule has 1 unspecified atom stereocenters. The minimum Gasteiger partial charge on any atom is -0.343 e. The lowest BCUT2D eigenvalue weighted by Crippen LogP contribution is -2.11. The van der Waals surface area contributed by atoms with Crippen LogP contribution in [0.25, 0.3) is 6.08 Å². The zero-order chi connectivity index (χ0) is 15.4. The smallest absolute Gasteiger partial charge is 0.152 e. The lowest BCUT2D eigenvalue weighted by molar-refractivity contribution is 0.112. The second kappa shape index (κ2) is 7.01. The van der Waals surface area contributed by atoms with Crippen LogP contribution in [0.5, 0.6) is 0 Å². The second-order valence-electron chi connectivity index (χ2n) is 5.53. The molecular formula is C19H21NOS. The summed E-state index contributed by atoms with van der Waals surface area (Å²) >= 11 is 1.96. The highest BCUT2D eigenvalue weighted by Crippen LogP contribution is 2.38. The first kappa shape index (κ1) is 15.2. The van der Waals surface area contributed by atoms with Crippen LogP contribution in [0.4, 0.5) is 0 Å². The minimum atomic E-state index is 0.292. The highest BCUT2D eigenvalue weighted by atomic mass is 32.2. The van der Waals surface area contributed by atoms with Crippen molar-refractivity contribution in [1.29, 1.82) is 0 Å².